The molecule has 0 amide bonds. The zero-order valence-electron chi connectivity index (χ0n) is 25.4. The highest BCUT2D eigenvalue weighted by atomic mass is 35.5. The highest BCUT2D eigenvalue weighted by Gasteiger charge is 2.18. The van der Waals surface area contributed by atoms with Crippen LogP contribution < -0.4 is 0 Å². The second kappa shape index (κ2) is 14.7. The number of oxime groups is 1. The molecule has 4 aromatic carbocycles. The molecule has 1 aromatic heterocycles. The molecule has 0 aliphatic rings. The lowest BCUT2D eigenvalue weighted by molar-refractivity contribution is -0.140. The van der Waals surface area contributed by atoms with Gasteiger partial charge in [0.15, 0.2) is 5.78 Å². The Morgan fingerprint density at radius 2 is 1.52 bits per heavy atom. The van der Waals surface area contributed by atoms with Crippen molar-refractivity contribution in [2.24, 2.45) is 11.1 Å². The maximum absolute atomic E-state index is 13.4. The van der Waals surface area contributed by atoms with Crippen LogP contribution in [-0.4, -0.2) is 27.8 Å². The summed E-state index contributed by atoms with van der Waals surface area (Å²) in [6, 6.07) is 29.5. The minimum Gasteiger partial charge on any atom is -0.340 e. The third kappa shape index (κ3) is 7.43. The van der Waals surface area contributed by atoms with Crippen molar-refractivity contribution in [3.05, 3.63) is 113 Å². The van der Waals surface area contributed by atoms with E-state index in [1.165, 1.54) is 6.92 Å². The summed E-state index contributed by atoms with van der Waals surface area (Å²) in [5.41, 5.74) is 5.12. The molecule has 5 rings (SSSR count). The summed E-state index contributed by atoms with van der Waals surface area (Å²) in [7, 11) is 0. The number of carbonyl (C=O) groups excluding carboxylic acids is 2. The Kier molecular flexibility index (Phi) is 10.6. The van der Waals surface area contributed by atoms with E-state index in [0.717, 1.165) is 63.8 Å². The normalized spacial score (nSPS) is 12.5. The van der Waals surface area contributed by atoms with E-state index in [-0.39, 0.29) is 5.78 Å². The van der Waals surface area contributed by atoms with Gasteiger partial charge in [-0.15, -0.1) is 11.8 Å². The molecule has 1 unspecified atom stereocenters. The minimum atomic E-state index is -0.462. The van der Waals surface area contributed by atoms with Crippen molar-refractivity contribution < 1.29 is 14.4 Å². The van der Waals surface area contributed by atoms with Crippen molar-refractivity contribution in [3.63, 3.8) is 0 Å². The summed E-state index contributed by atoms with van der Waals surface area (Å²) in [4.78, 5) is 31.4. The number of hydrogen-bond donors (Lipinski definition) is 0. The second-order valence-electron chi connectivity index (χ2n) is 11.0. The average Bonchev–Trinajstić information content (AvgIpc) is 3.35. The van der Waals surface area contributed by atoms with E-state index in [4.69, 9.17) is 16.4 Å². The van der Waals surface area contributed by atoms with Crippen molar-refractivity contribution in [1.82, 2.24) is 4.57 Å². The van der Waals surface area contributed by atoms with Crippen LogP contribution in [0.1, 0.15) is 67.9 Å². The zero-order valence-corrected chi connectivity index (χ0v) is 27.0. The fraction of sp³-hybridized carbons (Fsp3) is 0.270. The molecule has 226 valence electrons. The van der Waals surface area contributed by atoms with E-state index in [2.05, 4.69) is 47.8 Å². The maximum Gasteiger partial charge on any atom is 0.331 e. The maximum atomic E-state index is 13.4. The Morgan fingerprint density at radius 1 is 0.864 bits per heavy atom. The number of aromatic nitrogens is 1. The molecule has 0 radical (unpaired) electrons. The van der Waals surface area contributed by atoms with Crippen LogP contribution in [0.15, 0.2) is 101 Å². The van der Waals surface area contributed by atoms with Gasteiger partial charge in [0.2, 0.25) is 0 Å². The molecule has 0 N–H and O–H groups in total. The minimum absolute atomic E-state index is 0.00157. The molecule has 0 saturated heterocycles. The molecule has 0 saturated carbocycles. The molecule has 0 bridgehead atoms. The first-order valence-corrected chi connectivity index (χ1v) is 16.5. The number of hydrogen-bond acceptors (Lipinski definition) is 5. The van der Waals surface area contributed by atoms with E-state index in [0.29, 0.717) is 34.2 Å². The summed E-state index contributed by atoms with van der Waals surface area (Å²) >= 11 is 7.74. The Morgan fingerprint density at radius 3 is 2.16 bits per heavy atom. The van der Waals surface area contributed by atoms with Crippen molar-refractivity contribution >= 4 is 62.6 Å². The Balaban J connectivity index is 1.57. The number of ketones is 1. The molecule has 5 nitrogen and oxygen atoms in total. The van der Waals surface area contributed by atoms with Gasteiger partial charge in [0.1, 0.15) is 0 Å². The smallest absolute Gasteiger partial charge is 0.331 e. The van der Waals surface area contributed by atoms with Crippen molar-refractivity contribution in [2.45, 2.75) is 57.9 Å². The molecular weight excluding hydrogens is 588 g/mol. The first-order chi connectivity index (χ1) is 21.4. The highest BCUT2D eigenvalue weighted by molar-refractivity contribution is 7.99. The number of halogens is 1. The topological polar surface area (TPSA) is 60.7 Å². The Bertz CT molecular complexity index is 1800. The Labute approximate surface area is 268 Å². The summed E-state index contributed by atoms with van der Waals surface area (Å²) in [5, 5.41) is 7.05. The van der Waals surface area contributed by atoms with Crippen LogP contribution in [0.25, 0.3) is 21.8 Å². The van der Waals surface area contributed by atoms with Gasteiger partial charge in [0.25, 0.3) is 0 Å². The van der Waals surface area contributed by atoms with Crippen LogP contribution >= 0.6 is 23.4 Å². The summed E-state index contributed by atoms with van der Waals surface area (Å²) in [6.07, 6.45) is 3.99. The molecule has 1 atom stereocenters. The van der Waals surface area contributed by atoms with E-state index >= 15 is 0 Å². The number of rotatable bonds is 13. The molecule has 0 aliphatic heterocycles. The molecule has 44 heavy (non-hydrogen) atoms. The van der Waals surface area contributed by atoms with Crippen LogP contribution in [0.3, 0.4) is 0 Å². The van der Waals surface area contributed by atoms with E-state index < -0.39 is 5.97 Å². The van der Waals surface area contributed by atoms with E-state index in [1.54, 1.807) is 11.8 Å². The number of nitrogens with zero attached hydrogens (tertiary/aromatic N) is 2. The fourth-order valence-electron chi connectivity index (χ4n) is 5.63. The number of fused-ring (bicyclic) bond motifs is 3. The standard InChI is InChI=1S/C37H37ClN2O3S/c1-4-9-26(5-2)24-40-35-18-12-28(34(39-43-25(3)41)20-21-44-31-16-14-30(38)15-17-31)22-32(35)33-23-29(13-19-36(33)40)37(42)27-10-7-6-8-11-27/h6-8,10-19,22-23,26H,4-5,9,20-21,24H2,1-3H3/b39-34+. The van der Waals surface area contributed by atoms with Gasteiger partial charge in [0, 0.05) is 74.1 Å². The molecule has 7 heteroatoms. The molecule has 0 fully saturated rings. The molecule has 1 heterocycles. The van der Waals surface area contributed by atoms with Gasteiger partial charge in [-0.1, -0.05) is 79.8 Å². The Hall–Kier alpha value is -3.87. The summed E-state index contributed by atoms with van der Waals surface area (Å²) in [5.74, 6) is 0.830. The summed E-state index contributed by atoms with van der Waals surface area (Å²) in [6.45, 7) is 6.74. The van der Waals surface area contributed by atoms with Gasteiger partial charge in [0.05, 0.1) is 5.71 Å². The lowest BCUT2D eigenvalue weighted by Gasteiger charge is -2.17. The SMILES string of the molecule is CCCC(CC)Cn1c2ccc(C(=O)c3ccccc3)cc2c2cc(/C(CCSc3ccc(Cl)cc3)=N/OC(C)=O)ccc21. The van der Waals surface area contributed by atoms with Crippen molar-refractivity contribution in [3.8, 4) is 0 Å². The summed E-state index contributed by atoms with van der Waals surface area (Å²) < 4.78 is 2.40. The van der Waals surface area contributed by atoms with E-state index in [1.807, 2.05) is 66.7 Å². The predicted molar refractivity (Wildman–Crippen MR) is 183 cm³/mol. The molecular formula is C37H37ClN2O3S. The molecule has 5 aromatic rings. The lowest BCUT2D eigenvalue weighted by atomic mass is 10.00. The lowest BCUT2D eigenvalue weighted by Crippen LogP contribution is -2.10. The number of thioether (sulfide) groups is 1. The predicted octanol–water partition coefficient (Wildman–Crippen LogP) is 9.95. The van der Waals surface area contributed by atoms with Gasteiger partial charge in [-0.3, -0.25) is 4.79 Å². The quantitative estimate of drug-likeness (QED) is 0.0430. The van der Waals surface area contributed by atoms with E-state index in [9.17, 15) is 9.59 Å². The second-order valence-corrected chi connectivity index (χ2v) is 12.6. The third-order valence-electron chi connectivity index (χ3n) is 7.92. The number of carbonyl (C=O) groups is 2. The van der Waals surface area contributed by atoms with Crippen molar-refractivity contribution in [1.29, 1.82) is 0 Å². The van der Waals surface area contributed by atoms with Gasteiger partial charge in [-0.05, 0) is 66.9 Å². The van der Waals surface area contributed by atoms with Crippen LogP contribution in [0, 0.1) is 5.92 Å². The van der Waals surface area contributed by atoms with Crippen LogP contribution in [-0.2, 0) is 16.2 Å². The monoisotopic (exact) mass is 624 g/mol. The largest absolute Gasteiger partial charge is 0.340 e. The highest BCUT2D eigenvalue weighted by Crippen LogP contribution is 2.33. The first kappa shape index (κ1) is 31.6. The van der Waals surface area contributed by atoms with Crippen LogP contribution in [0.2, 0.25) is 5.02 Å². The van der Waals surface area contributed by atoms with Gasteiger partial charge < -0.3 is 9.40 Å². The fourth-order valence-corrected chi connectivity index (χ4v) is 6.61. The van der Waals surface area contributed by atoms with Crippen molar-refractivity contribution in [2.75, 3.05) is 5.75 Å². The zero-order chi connectivity index (χ0) is 31.1. The first-order valence-electron chi connectivity index (χ1n) is 15.2. The molecule has 0 spiro atoms. The van der Waals surface area contributed by atoms with Crippen LogP contribution in [0.4, 0.5) is 0 Å². The third-order valence-corrected chi connectivity index (χ3v) is 9.18. The molecule has 0 aliphatic carbocycles. The number of benzene rings is 4. The van der Waals surface area contributed by atoms with Gasteiger partial charge in [-0.25, -0.2) is 4.79 Å². The average molecular weight is 625 g/mol. The van der Waals surface area contributed by atoms with Gasteiger partial charge in [-0.2, -0.15) is 0 Å². The van der Waals surface area contributed by atoms with Crippen LogP contribution in [0.5, 0.6) is 0 Å². The van der Waals surface area contributed by atoms with Gasteiger partial charge >= 0.3 is 5.97 Å².